The van der Waals surface area contributed by atoms with Crippen LogP contribution in [-0.2, 0) is 13.5 Å². The van der Waals surface area contributed by atoms with Crippen molar-refractivity contribution in [1.29, 1.82) is 0 Å². The first-order valence-corrected chi connectivity index (χ1v) is 7.55. The van der Waals surface area contributed by atoms with Crippen LogP contribution in [0.4, 0.5) is 0 Å². The molecule has 1 heterocycles. The van der Waals surface area contributed by atoms with Crippen LogP contribution >= 0.6 is 27.7 Å². The standard InChI is InChI=1S/C11H21BrN4S/c1-7(2)17-6-9(14-13)5-10-11(12)8(3)15-16(10)4/h7,9,14H,5-6,13H2,1-4H3. The second kappa shape index (κ2) is 6.78. The smallest absolute Gasteiger partial charge is 0.0738 e. The van der Waals surface area contributed by atoms with Gasteiger partial charge in [-0.3, -0.25) is 16.0 Å². The van der Waals surface area contributed by atoms with Crippen LogP contribution in [0.1, 0.15) is 25.2 Å². The van der Waals surface area contributed by atoms with Crippen LogP contribution in [0.2, 0.25) is 0 Å². The van der Waals surface area contributed by atoms with Gasteiger partial charge in [0.1, 0.15) is 0 Å². The molecule has 0 saturated carbocycles. The molecule has 0 fully saturated rings. The molecule has 1 aromatic heterocycles. The topological polar surface area (TPSA) is 55.9 Å². The van der Waals surface area contributed by atoms with Crippen molar-refractivity contribution in [3.05, 3.63) is 15.9 Å². The molecule has 1 rings (SSSR count). The van der Waals surface area contributed by atoms with E-state index in [0.29, 0.717) is 5.25 Å². The van der Waals surface area contributed by atoms with Crippen molar-refractivity contribution in [2.45, 2.75) is 38.5 Å². The fourth-order valence-electron chi connectivity index (χ4n) is 1.61. The molecule has 0 aliphatic carbocycles. The Morgan fingerprint density at radius 3 is 2.59 bits per heavy atom. The van der Waals surface area contributed by atoms with Crippen LogP contribution in [-0.4, -0.2) is 26.8 Å². The predicted molar refractivity (Wildman–Crippen MR) is 78.1 cm³/mol. The van der Waals surface area contributed by atoms with Gasteiger partial charge >= 0.3 is 0 Å². The SMILES string of the molecule is Cc1nn(C)c(CC(CSC(C)C)NN)c1Br. The van der Waals surface area contributed by atoms with E-state index in [4.69, 9.17) is 5.84 Å². The normalized spacial score (nSPS) is 13.4. The second-order valence-electron chi connectivity index (χ2n) is 4.42. The third kappa shape index (κ3) is 4.28. The highest BCUT2D eigenvalue weighted by molar-refractivity contribution is 9.10. The molecule has 1 aromatic rings. The van der Waals surface area contributed by atoms with Gasteiger partial charge in [0.2, 0.25) is 0 Å². The number of hydrogen-bond donors (Lipinski definition) is 2. The third-order valence-corrected chi connectivity index (χ3v) is 4.86. The summed E-state index contributed by atoms with van der Waals surface area (Å²) in [6.07, 6.45) is 0.883. The van der Waals surface area contributed by atoms with Gasteiger partial charge in [0.15, 0.2) is 0 Å². The Kier molecular flexibility index (Phi) is 5.99. The maximum Gasteiger partial charge on any atom is 0.0738 e. The minimum absolute atomic E-state index is 0.272. The monoisotopic (exact) mass is 320 g/mol. The number of aryl methyl sites for hydroxylation is 2. The quantitative estimate of drug-likeness (QED) is 0.622. The summed E-state index contributed by atoms with van der Waals surface area (Å²) in [4.78, 5) is 0. The van der Waals surface area contributed by atoms with E-state index >= 15 is 0 Å². The van der Waals surface area contributed by atoms with Crippen LogP contribution in [0.25, 0.3) is 0 Å². The van der Waals surface area contributed by atoms with Crippen molar-refractivity contribution in [2.24, 2.45) is 12.9 Å². The molecule has 0 radical (unpaired) electrons. The molecule has 3 N–H and O–H groups in total. The summed E-state index contributed by atoms with van der Waals surface area (Å²) in [5, 5.41) is 5.01. The summed E-state index contributed by atoms with van der Waals surface area (Å²) < 4.78 is 3.01. The fraction of sp³-hybridized carbons (Fsp3) is 0.727. The molecule has 4 nitrogen and oxygen atoms in total. The van der Waals surface area contributed by atoms with Crippen molar-refractivity contribution in [2.75, 3.05) is 5.75 Å². The Hall–Kier alpha value is -0.0400. The third-order valence-electron chi connectivity index (χ3n) is 2.57. The van der Waals surface area contributed by atoms with E-state index in [0.717, 1.165) is 22.3 Å². The number of hydrogen-bond acceptors (Lipinski definition) is 4. The van der Waals surface area contributed by atoms with E-state index < -0.39 is 0 Å². The molecule has 6 heteroatoms. The van der Waals surface area contributed by atoms with Crippen molar-refractivity contribution < 1.29 is 0 Å². The van der Waals surface area contributed by atoms with Gasteiger partial charge in [0.05, 0.1) is 15.9 Å². The van der Waals surface area contributed by atoms with Gasteiger partial charge in [-0.15, -0.1) is 0 Å². The largest absolute Gasteiger partial charge is 0.271 e. The van der Waals surface area contributed by atoms with Crippen LogP contribution in [0.5, 0.6) is 0 Å². The number of nitrogens with one attached hydrogen (secondary N) is 1. The summed E-state index contributed by atoms with van der Waals surface area (Å²) in [6, 6.07) is 0.272. The zero-order valence-electron chi connectivity index (χ0n) is 10.8. The van der Waals surface area contributed by atoms with Crippen molar-refractivity contribution in [3.8, 4) is 0 Å². The Bertz CT molecular complexity index is 365. The number of hydrazine groups is 1. The van der Waals surface area contributed by atoms with E-state index in [1.54, 1.807) is 0 Å². The first-order chi connectivity index (χ1) is 7.95. The van der Waals surface area contributed by atoms with Gasteiger partial charge in [-0.25, -0.2) is 0 Å². The van der Waals surface area contributed by atoms with Gasteiger partial charge in [0, 0.05) is 25.3 Å². The molecule has 0 saturated heterocycles. The van der Waals surface area contributed by atoms with Gasteiger partial charge in [-0.2, -0.15) is 16.9 Å². The van der Waals surface area contributed by atoms with Crippen LogP contribution < -0.4 is 11.3 Å². The number of halogens is 1. The van der Waals surface area contributed by atoms with Gasteiger partial charge in [-0.1, -0.05) is 13.8 Å². The van der Waals surface area contributed by atoms with E-state index in [9.17, 15) is 0 Å². The summed E-state index contributed by atoms with van der Waals surface area (Å²) in [6.45, 7) is 6.39. The van der Waals surface area contributed by atoms with E-state index in [2.05, 4.69) is 40.3 Å². The fourth-order valence-corrected chi connectivity index (χ4v) is 2.94. The molecule has 0 bridgehead atoms. The van der Waals surface area contributed by atoms with E-state index in [1.807, 2.05) is 30.4 Å². The van der Waals surface area contributed by atoms with Crippen LogP contribution in [0.15, 0.2) is 4.47 Å². The average Bonchev–Trinajstić information content (AvgIpc) is 2.49. The molecule has 0 spiro atoms. The van der Waals surface area contributed by atoms with E-state index in [-0.39, 0.29) is 6.04 Å². The molecule has 1 unspecified atom stereocenters. The molecular formula is C11H21BrN4S. The number of aromatic nitrogens is 2. The molecule has 17 heavy (non-hydrogen) atoms. The lowest BCUT2D eigenvalue weighted by Crippen LogP contribution is -2.39. The zero-order valence-corrected chi connectivity index (χ0v) is 13.2. The number of rotatable bonds is 6. The van der Waals surface area contributed by atoms with Gasteiger partial charge < -0.3 is 0 Å². The second-order valence-corrected chi connectivity index (χ2v) is 6.82. The van der Waals surface area contributed by atoms with Gasteiger partial charge in [0.25, 0.3) is 0 Å². The van der Waals surface area contributed by atoms with Crippen molar-refractivity contribution in [1.82, 2.24) is 15.2 Å². The highest BCUT2D eigenvalue weighted by Gasteiger charge is 2.16. The summed E-state index contributed by atoms with van der Waals surface area (Å²) in [5.41, 5.74) is 5.10. The maximum absolute atomic E-state index is 5.61. The molecule has 0 aliphatic rings. The Balaban J connectivity index is 2.67. The molecule has 98 valence electrons. The predicted octanol–water partition coefficient (Wildman–Crippen LogP) is 2.01. The number of thioether (sulfide) groups is 1. The summed E-state index contributed by atoms with van der Waals surface area (Å²) >= 11 is 5.49. The van der Waals surface area contributed by atoms with Crippen molar-refractivity contribution in [3.63, 3.8) is 0 Å². The highest BCUT2D eigenvalue weighted by atomic mass is 79.9. The Labute approximate surface area is 116 Å². The van der Waals surface area contributed by atoms with Crippen LogP contribution in [0, 0.1) is 6.92 Å². The first-order valence-electron chi connectivity index (χ1n) is 5.71. The summed E-state index contributed by atoms with van der Waals surface area (Å²) in [5.74, 6) is 6.61. The molecule has 1 atom stereocenters. The van der Waals surface area contributed by atoms with Gasteiger partial charge in [-0.05, 0) is 28.1 Å². The zero-order chi connectivity index (χ0) is 13.0. The number of nitrogens with two attached hydrogens (primary N) is 1. The lowest BCUT2D eigenvalue weighted by Gasteiger charge is -2.17. The minimum Gasteiger partial charge on any atom is -0.271 e. The minimum atomic E-state index is 0.272. The number of nitrogens with zero attached hydrogens (tertiary/aromatic N) is 2. The maximum atomic E-state index is 5.61. The first kappa shape index (κ1) is 15.0. The van der Waals surface area contributed by atoms with E-state index in [1.165, 1.54) is 5.69 Å². The molecular weight excluding hydrogens is 300 g/mol. The Morgan fingerprint density at radius 2 is 2.18 bits per heavy atom. The lowest BCUT2D eigenvalue weighted by atomic mass is 10.2. The van der Waals surface area contributed by atoms with Crippen LogP contribution in [0.3, 0.4) is 0 Å². The summed E-state index contributed by atoms with van der Waals surface area (Å²) in [7, 11) is 1.97. The molecule has 0 aliphatic heterocycles. The molecule has 0 aromatic carbocycles. The lowest BCUT2D eigenvalue weighted by molar-refractivity contribution is 0.549. The highest BCUT2D eigenvalue weighted by Crippen LogP contribution is 2.22. The molecule has 0 amide bonds. The van der Waals surface area contributed by atoms with Crippen molar-refractivity contribution >= 4 is 27.7 Å². The Morgan fingerprint density at radius 1 is 1.53 bits per heavy atom. The average molecular weight is 321 g/mol.